The zero-order chi connectivity index (χ0) is 20.1. The maximum absolute atomic E-state index is 12.6. The third kappa shape index (κ3) is 6.27. The molecule has 1 saturated heterocycles. The molecule has 0 saturated carbocycles. The van der Waals surface area contributed by atoms with Crippen molar-refractivity contribution in [3.8, 4) is 0 Å². The zero-order valence-electron chi connectivity index (χ0n) is 17.1. The Morgan fingerprint density at radius 3 is 2.52 bits per heavy atom. The topological polar surface area (TPSA) is 101 Å². The van der Waals surface area contributed by atoms with Gasteiger partial charge in [0.25, 0.3) is 0 Å². The minimum Gasteiger partial charge on any atom is -0.349 e. The van der Waals surface area contributed by atoms with Crippen molar-refractivity contribution in [2.75, 3.05) is 18.4 Å². The van der Waals surface area contributed by atoms with E-state index in [9.17, 15) is 9.59 Å². The summed E-state index contributed by atoms with van der Waals surface area (Å²) >= 11 is 0. The van der Waals surface area contributed by atoms with Gasteiger partial charge >= 0.3 is 0 Å². The van der Waals surface area contributed by atoms with Crippen LogP contribution in [-0.2, 0) is 16.6 Å². The van der Waals surface area contributed by atoms with Gasteiger partial charge in [0.05, 0.1) is 12.5 Å². The molecule has 9 heteroatoms. The molecule has 1 aliphatic heterocycles. The van der Waals surface area contributed by atoms with Crippen molar-refractivity contribution in [1.29, 1.82) is 0 Å². The summed E-state index contributed by atoms with van der Waals surface area (Å²) in [7, 11) is 1.78. The lowest BCUT2D eigenvalue weighted by Crippen LogP contribution is -2.30. The van der Waals surface area contributed by atoms with Gasteiger partial charge in [-0.1, -0.05) is 29.8 Å². The average molecular weight is 421 g/mol. The molecule has 3 N–H and O–H groups in total. The first kappa shape index (κ1) is 22.8. The number of carbonyl (C=O) groups excluding carboxylic acids is 2. The first-order valence-corrected chi connectivity index (χ1v) is 9.67. The number of piperidine rings is 1. The number of amides is 2. The van der Waals surface area contributed by atoms with Crippen LogP contribution >= 0.6 is 12.4 Å². The first-order chi connectivity index (χ1) is 13.4. The number of carbonyl (C=O) groups is 2. The minimum absolute atomic E-state index is 0. The molecule has 158 valence electrons. The van der Waals surface area contributed by atoms with Crippen molar-refractivity contribution >= 4 is 30.2 Å². The summed E-state index contributed by atoms with van der Waals surface area (Å²) < 4.78 is 1.61. The number of halogens is 1. The third-order valence-corrected chi connectivity index (χ3v) is 4.98. The molecule has 1 aromatic heterocycles. The van der Waals surface area contributed by atoms with Crippen LogP contribution in [-0.4, -0.2) is 39.7 Å². The van der Waals surface area contributed by atoms with Crippen LogP contribution in [0.1, 0.15) is 55.1 Å². The number of hydrogen-bond donors (Lipinski definition) is 3. The summed E-state index contributed by atoms with van der Waals surface area (Å²) in [5, 5.41) is 13.5. The molecule has 2 heterocycles. The molecule has 1 atom stereocenters. The van der Waals surface area contributed by atoms with E-state index in [1.54, 1.807) is 11.7 Å². The van der Waals surface area contributed by atoms with E-state index in [0.717, 1.165) is 42.9 Å². The van der Waals surface area contributed by atoms with Crippen LogP contribution in [0.3, 0.4) is 0 Å². The average Bonchev–Trinajstić information content (AvgIpc) is 3.02. The van der Waals surface area contributed by atoms with E-state index in [0.29, 0.717) is 11.9 Å². The summed E-state index contributed by atoms with van der Waals surface area (Å²) in [5.41, 5.74) is 2.02. The number of nitrogens with one attached hydrogen (secondary N) is 3. The Morgan fingerprint density at radius 1 is 1.24 bits per heavy atom. The smallest absolute Gasteiger partial charge is 0.229 e. The SMILES string of the molecule is CC(=O)NC(CC(=O)Nc1nc(C2CCNCC2)nn1C)c1ccc(C)cc1.Cl. The Labute approximate surface area is 177 Å². The lowest BCUT2D eigenvalue weighted by atomic mass is 9.98. The highest BCUT2D eigenvalue weighted by Gasteiger charge is 2.22. The Kier molecular flexibility index (Phi) is 8.16. The molecule has 3 rings (SSSR count). The predicted octanol–water partition coefficient (Wildman–Crippen LogP) is 2.22. The maximum atomic E-state index is 12.6. The Balaban J connectivity index is 0.00000300. The van der Waals surface area contributed by atoms with E-state index in [1.165, 1.54) is 6.92 Å². The van der Waals surface area contributed by atoms with Gasteiger partial charge in [0, 0.05) is 19.9 Å². The number of aryl methyl sites for hydroxylation is 2. The van der Waals surface area contributed by atoms with Gasteiger partial charge in [-0.25, -0.2) is 4.68 Å². The van der Waals surface area contributed by atoms with Gasteiger partial charge in [-0.15, -0.1) is 12.4 Å². The van der Waals surface area contributed by atoms with Crippen molar-refractivity contribution in [2.24, 2.45) is 7.05 Å². The van der Waals surface area contributed by atoms with Crippen molar-refractivity contribution in [3.05, 3.63) is 41.2 Å². The first-order valence-electron chi connectivity index (χ1n) is 9.67. The summed E-state index contributed by atoms with van der Waals surface area (Å²) in [6.07, 6.45) is 2.11. The molecule has 29 heavy (non-hydrogen) atoms. The molecule has 0 bridgehead atoms. The van der Waals surface area contributed by atoms with E-state index in [1.807, 2.05) is 31.2 Å². The lowest BCUT2D eigenvalue weighted by Gasteiger charge is -2.19. The van der Waals surface area contributed by atoms with Gasteiger partial charge in [-0.3, -0.25) is 14.9 Å². The zero-order valence-corrected chi connectivity index (χ0v) is 17.9. The molecular formula is C20H29ClN6O2. The van der Waals surface area contributed by atoms with Crippen LogP contribution in [0.15, 0.2) is 24.3 Å². The molecule has 0 spiro atoms. The summed E-state index contributed by atoms with van der Waals surface area (Å²) in [6.45, 7) is 5.37. The normalized spacial score (nSPS) is 15.3. The van der Waals surface area contributed by atoms with Gasteiger partial charge in [-0.2, -0.15) is 10.1 Å². The molecule has 1 aromatic carbocycles. The van der Waals surface area contributed by atoms with Crippen LogP contribution in [0.5, 0.6) is 0 Å². The third-order valence-electron chi connectivity index (χ3n) is 4.98. The highest BCUT2D eigenvalue weighted by molar-refractivity contribution is 5.90. The largest absolute Gasteiger partial charge is 0.349 e. The van der Waals surface area contributed by atoms with Gasteiger partial charge in [0.15, 0.2) is 5.82 Å². The summed E-state index contributed by atoms with van der Waals surface area (Å²) in [6, 6.07) is 7.41. The predicted molar refractivity (Wildman–Crippen MR) is 114 cm³/mol. The number of benzene rings is 1. The monoisotopic (exact) mass is 420 g/mol. The number of hydrogen-bond acceptors (Lipinski definition) is 5. The second-order valence-electron chi connectivity index (χ2n) is 7.36. The van der Waals surface area contributed by atoms with Gasteiger partial charge in [0.2, 0.25) is 17.8 Å². The van der Waals surface area contributed by atoms with Crippen LogP contribution in [0, 0.1) is 6.92 Å². The van der Waals surface area contributed by atoms with Crippen molar-refractivity contribution in [3.63, 3.8) is 0 Å². The lowest BCUT2D eigenvalue weighted by molar-refractivity contribution is -0.120. The van der Waals surface area contributed by atoms with Crippen LogP contribution in [0.25, 0.3) is 0 Å². The second kappa shape index (κ2) is 10.4. The number of anilines is 1. The van der Waals surface area contributed by atoms with E-state index in [-0.39, 0.29) is 30.6 Å². The van der Waals surface area contributed by atoms with E-state index in [2.05, 4.69) is 26.0 Å². The van der Waals surface area contributed by atoms with Crippen LogP contribution < -0.4 is 16.0 Å². The molecule has 1 unspecified atom stereocenters. The maximum Gasteiger partial charge on any atom is 0.229 e. The fourth-order valence-corrected chi connectivity index (χ4v) is 3.42. The quantitative estimate of drug-likeness (QED) is 0.665. The highest BCUT2D eigenvalue weighted by Crippen LogP contribution is 2.24. The number of rotatable bonds is 6. The van der Waals surface area contributed by atoms with E-state index < -0.39 is 6.04 Å². The van der Waals surface area contributed by atoms with E-state index >= 15 is 0 Å². The number of nitrogens with zero attached hydrogens (tertiary/aromatic N) is 3. The van der Waals surface area contributed by atoms with Gasteiger partial charge in [-0.05, 0) is 38.4 Å². The molecule has 0 radical (unpaired) electrons. The van der Waals surface area contributed by atoms with Gasteiger partial charge in [0.1, 0.15) is 0 Å². The van der Waals surface area contributed by atoms with Crippen LogP contribution in [0.2, 0.25) is 0 Å². The molecule has 1 fully saturated rings. The Morgan fingerprint density at radius 2 is 1.90 bits per heavy atom. The molecular weight excluding hydrogens is 392 g/mol. The highest BCUT2D eigenvalue weighted by atomic mass is 35.5. The summed E-state index contributed by atoms with van der Waals surface area (Å²) in [4.78, 5) is 28.8. The standard InChI is InChI=1S/C20H28N6O2.ClH/c1-13-4-6-15(7-5-13)17(22-14(2)27)12-18(28)23-20-24-19(25-26(20)3)16-8-10-21-11-9-16;/h4-7,16-17,21H,8-12H2,1-3H3,(H,22,27)(H,23,24,25,28);1H. The molecule has 8 nitrogen and oxygen atoms in total. The molecule has 2 aromatic rings. The minimum atomic E-state index is -0.393. The Bertz CT molecular complexity index is 830. The van der Waals surface area contributed by atoms with E-state index in [4.69, 9.17) is 0 Å². The summed E-state index contributed by atoms with van der Waals surface area (Å²) in [5.74, 6) is 1.13. The Hall–Kier alpha value is -2.45. The molecule has 1 aliphatic rings. The van der Waals surface area contributed by atoms with Crippen molar-refractivity contribution in [1.82, 2.24) is 25.4 Å². The second-order valence-corrected chi connectivity index (χ2v) is 7.36. The van der Waals surface area contributed by atoms with Crippen molar-refractivity contribution in [2.45, 2.75) is 45.1 Å². The fourth-order valence-electron chi connectivity index (χ4n) is 3.42. The molecule has 0 aliphatic carbocycles. The van der Waals surface area contributed by atoms with Crippen molar-refractivity contribution < 1.29 is 9.59 Å². The molecule has 2 amide bonds. The number of aromatic nitrogens is 3. The van der Waals surface area contributed by atoms with Gasteiger partial charge < -0.3 is 10.6 Å². The van der Waals surface area contributed by atoms with Crippen LogP contribution in [0.4, 0.5) is 5.95 Å². The fraction of sp³-hybridized carbons (Fsp3) is 0.500.